The van der Waals surface area contributed by atoms with Crippen LogP contribution in [0.1, 0.15) is 45.7 Å². The quantitative estimate of drug-likeness (QED) is 0.545. The van der Waals surface area contributed by atoms with Crippen molar-refractivity contribution in [2.45, 2.75) is 33.2 Å². The number of hydrogen-bond acceptors (Lipinski definition) is 7. The number of aliphatic imine (C=N–C) groups is 1. The standard InChI is InChI=1S/C24H26ClN7OS/c1-14-15(2)34-24-21(14)22(17-4-6-18(25)7-5-17)28-19(23-30-29-16(3)32(23)24)12-27-20(33)8-10-31-11-9-26-13-31/h4-7,9,11,19,26H,8,10,12-13H2,1-3H3,(H,27,33)/t19-/m0/s1. The van der Waals surface area contributed by atoms with E-state index in [4.69, 9.17) is 16.6 Å². The number of amides is 1. The van der Waals surface area contributed by atoms with Crippen LogP contribution < -0.4 is 10.6 Å². The van der Waals surface area contributed by atoms with Gasteiger partial charge in [0.1, 0.15) is 16.9 Å². The number of nitrogens with zero attached hydrogens (tertiary/aromatic N) is 5. The predicted octanol–water partition coefficient (Wildman–Crippen LogP) is 3.64. The third-order valence-corrected chi connectivity index (χ3v) is 7.62. The number of halogens is 1. The molecule has 5 rings (SSSR count). The molecular weight excluding hydrogens is 470 g/mol. The van der Waals surface area contributed by atoms with Gasteiger partial charge in [-0.25, -0.2) is 0 Å². The van der Waals surface area contributed by atoms with Gasteiger partial charge in [0, 0.05) is 52.9 Å². The number of fused-ring (bicyclic) bond motifs is 3. The zero-order valence-corrected chi connectivity index (χ0v) is 20.9. The van der Waals surface area contributed by atoms with Gasteiger partial charge in [-0.15, -0.1) is 21.5 Å². The van der Waals surface area contributed by atoms with Crippen LogP contribution in [0.4, 0.5) is 0 Å². The number of carbonyl (C=O) groups excluding carboxylic acids is 1. The SMILES string of the molecule is Cc1sc2c(c1C)C(c1ccc(Cl)cc1)=N[C@@H](CNC(=O)CCN1C=CNC1)c1nnc(C)n1-2. The minimum Gasteiger partial charge on any atom is -0.373 e. The minimum absolute atomic E-state index is 0.0163. The Kier molecular flexibility index (Phi) is 6.14. The maximum atomic E-state index is 12.6. The largest absolute Gasteiger partial charge is 0.373 e. The number of hydrogen-bond donors (Lipinski definition) is 2. The Morgan fingerprint density at radius 1 is 1.24 bits per heavy atom. The molecule has 0 saturated carbocycles. The first kappa shape index (κ1) is 22.6. The van der Waals surface area contributed by atoms with Crippen molar-refractivity contribution in [1.29, 1.82) is 0 Å². The van der Waals surface area contributed by atoms with E-state index in [2.05, 4.69) is 44.1 Å². The lowest BCUT2D eigenvalue weighted by atomic mass is 10.00. The molecule has 0 bridgehead atoms. The normalized spacial score (nSPS) is 16.5. The molecule has 176 valence electrons. The number of aromatic nitrogens is 3. The molecular formula is C24H26ClN7OS. The summed E-state index contributed by atoms with van der Waals surface area (Å²) in [7, 11) is 0. The van der Waals surface area contributed by atoms with Crippen LogP contribution in [-0.4, -0.2) is 51.0 Å². The second-order valence-corrected chi connectivity index (χ2v) is 10.1. The third-order valence-electron chi connectivity index (χ3n) is 6.17. The fourth-order valence-corrected chi connectivity index (χ4v) is 5.55. The van der Waals surface area contributed by atoms with E-state index in [1.165, 1.54) is 10.4 Å². The first-order valence-corrected chi connectivity index (χ1v) is 12.4. The van der Waals surface area contributed by atoms with Crippen molar-refractivity contribution in [3.8, 4) is 5.00 Å². The molecule has 4 heterocycles. The van der Waals surface area contributed by atoms with Crippen molar-refractivity contribution in [3.05, 3.63) is 74.9 Å². The molecule has 3 aromatic rings. The lowest BCUT2D eigenvalue weighted by Gasteiger charge is -2.16. The highest BCUT2D eigenvalue weighted by atomic mass is 35.5. The van der Waals surface area contributed by atoms with Gasteiger partial charge >= 0.3 is 0 Å². The van der Waals surface area contributed by atoms with Gasteiger partial charge in [0.25, 0.3) is 0 Å². The number of carbonyl (C=O) groups is 1. The lowest BCUT2D eigenvalue weighted by Crippen LogP contribution is -2.32. The fraction of sp³-hybridized carbons (Fsp3) is 0.333. The van der Waals surface area contributed by atoms with Crippen LogP contribution in [0.2, 0.25) is 5.02 Å². The van der Waals surface area contributed by atoms with Crippen molar-refractivity contribution in [2.75, 3.05) is 19.8 Å². The molecule has 2 aliphatic rings. The van der Waals surface area contributed by atoms with Crippen LogP contribution in [0.3, 0.4) is 0 Å². The highest BCUT2D eigenvalue weighted by Gasteiger charge is 2.31. The van der Waals surface area contributed by atoms with Gasteiger partial charge in [0.2, 0.25) is 5.91 Å². The summed E-state index contributed by atoms with van der Waals surface area (Å²) in [6.45, 7) is 7.92. The molecule has 0 fully saturated rings. The molecule has 1 amide bonds. The molecule has 0 spiro atoms. The Morgan fingerprint density at radius 2 is 2.03 bits per heavy atom. The summed E-state index contributed by atoms with van der Waals surface area (Å²) < 4.78 is 2.09. The molecule has 2 aliphatic heterocycles. The number of rotatable bonds is 6. The third kappa shape index (κ3) is 4.21. The second kappa shape index (κ2) is 9.23. The predicted molar refractivity (Wildman–Crippen MR) is 135 cm³/mol. The van der Waals surface area contributed by atoms with E-state index in [1.54, 1.807) is 11.3 Å². The van der Waals surface area contributed by atoms with Crippen molar-refractivity contribution < 1.29 is 4.79 Å². The molecule has 8 nitrogen and oxygen atoms in total. The number of nitrogens with one attached hydrogen (secondary N) is 2. The number of benzene rings is 1. The van der Waals surface area contributed by atoms with Gasteiger partial charge in [-0.3, -0.25) is 14.4 Å². The van der Waals surface area contributed by atoms with Gasteiger partial charge in [0.15, 0.2) is 5.82 Å². The molecule has 2 N–H and O–H groups in total. The maximum Gasteiger partial charge on any atom is 0.221 e. The van der Waals surface area contributed by atoms with Gasteiger partial charge in [-0.05, 0) is 38.5 Å². The molecule has 1 atom stereocenters. The van der Waals surface area contributed by atoms with Crippen LogP contribution >= 0.6 is 22.9 Å². The summed E-state index contributed by atoms with van der Waals surface area (Å²) in [5.41, 5.74) is 4.12. The zero-order valence-electron chi connectivity index (χ0n) is 19.3. The molecule has 0 aliphatic carbocycles. The summed E-state index contributed by atoms with van der Waals surface area (Å²) in [5.74, 6) is 1.52. The first-order valence-electron chi connectivity index (χ1n) is 11.2. The van der Waals surface area contributed by atoms with Crippen LogP contribution in [-0.2, 0) is 4.79 Å². The molecule has 0 unspecified atom stereocenters. The van der Waals surface area contributed by atoms with Crippen LogP contribution in [0, 0.1) is 20.8 Å². The summed E-state index contributed by atoms with van der Waals surface area (Å²) in [6.07, 6.45) is 4.24. The zero-order chi connectivity index (χ0) is 23.8. The molecule has 2 aromatic heterocycles. The topological polar surface area (TPSA) is 87.4 Å². The second-order valence-electron chi connectivity index (χ2n) is 8.45. The van der Waals surface area contributed by atoms with E-state index in [0.29, 0.717) is 24.5 Å². The van der Waals surface area contributed by atoms with Crippen molar-refractivity contribution in [2.24, 2.45) is 4.99 Å². The van der Waals surface area contributed by atoms with E-state index in [9.17, 15) is 4.79 Å². The highest BCUT2D eigenvalue weighted by Crippen LogP contribution is 2.38. The van der Waals surface area contributed by atoms with E-state index in [0.717, 1.165) is 40.2 Å². The molecule has 1 aromatic carbocycles. The Balaban J connectivity index is 1.49. The molecule has 34 heavy (non-hydrogen) atoms. The van der Waals surface area contributed by atoms with Crippen molar-refractivity contribution >= 4 is 34.6 Å². The van der Waals surface area contributed by atoms with E-state index in [-0.39, 0.29) is 11.9 Å². The Hall–Kier alpha value is -3.17. The summed E-state index contributed by atoms with van der Waals surface area (Å²) in [5, 5.41) is 16.7. The number of thiophene rings is 1. The average Bonchev–Trinajstić information content (AvgIpc) is 3.52. The molecule has 0 saturated heterocycles. The van der Waals surface area contributed by atoms with Crippen LogP contribution in [0.25, 0.3) is 5.00 Å². The number of aryl methyl sites for hydroxylation is 2. The van der Waals surface area contributed by atoms with Gasteiger partial charge in [0.05, 0.1) is 12.4 Å². The van der Waals surface area contributed by atoms with Gasteiger partial charge in [-0.1, -0.05) is 23.7 Å². The summed E-state index contributed by atoms with van der Waals surface area (Å²) >= 11 is 7.88. The van der Waals surface area contributed by atoms with E-state index >= 15 is 0 Å². The minimum atomic E-state index is -0.372. The monoisotopic (exact) mass is 495 g/mol. The average molecular weight is 496 g/mol. The smallest absolute Gasteiger partial charge is 0.221 e. The van der Waals surface area contributed by atoms with Crippen molar-refractivity contribution in [3.63, 3.8) is 0 Å². The maximum absolute atomic E-state index is 12.6. The lowest BCUT2D eigenvalue weighted by molar-refractivity contribution is -0.121. The van der Waals surface area contributed by atoms with E-state index < -0.39 is 0 Å². The fourth-order valence-electron chi connectivity index (χ4n) is 4.21. The van der Waals surface area contributed by atoms with Gasteiger partial charge < -0.3 is 15.5 Å². The Bertz CT molecular complexity index is 1290. The van der Waals surface area contributed by atoms with Crippen molar-refractivity contribution in [1.82, 2.24) is 30.3 Å². The van der Waals surface area contributed by atoms with Gasteiger partial charge in [-0.2, -0.15) is 0 Å². The first-order chi connectivity index (χ1) is 16.4. The Morgan fingerprint density at radius 3 is 2.76 bits per heavy atom. The molecule has 10 heteroatoms. The highest BCUT2D eigenvalue weighted by molar-refractivity contribution is 7.15. The van der Waals surface area contributed by atoms with E-state index in [1.807, 2.05) is 43.6 Å². The van der Waals surface area contributed by atoms with Crippen LogP contribution in [0.15, 0.2) is 41.7 Å². The molecule has 0 radical (unpaired) electrons. The summed E-state index contributed by atoms with van der Waals surface area (Å²) in [4.78, 5) is 21.1. The Labute approximate surface area is 207 Å². The van der Waals surface area contributed by atoms with Crippen LogP contribution in [0.5, 0.6) is 0 Å². The summed E-state index contributed by atoms with van der Waals surface area (Å²) in [6, 6.07) is 7.36.